The van der Waals surface area contributed by atoms with E-state index in [2.05, 4.69) is 10.3 Å². The van der Waals surface area contributed by atoms with Gasteiger partial charge in [0.15, 0.2) is 0 Å². The van der Waals surface area contributed by atoms with Crippen molar-refractivity contribution in [2.24, 2.45) is 0 Å². The SMILES string of the molecule is CC(C)(C)OC(=O)N1CCC(Nc2ccc(C(F)(F)F)c3ncccc23)CC1. The van der Waals surface area contributed by atoms with Crippen LogP contribution in [0.5, 0.6) is 0 Å². The minimum Gasteiger partial charge on any atom is -0.444 e. The number of carbonyl (C=O) groups is 1. The molecule has 1 aromatic heterocycles. The van der Waals surface area contributed by atoms with E-state index in [1.54, 1.807) is 17.0 Å². The summed E-state index contributed by atoms with van der Waals surface area (Å²) < 4.78 is 45.1. The number of rotatable bonds is 2. The Bertz CT molecular complexity index is 854. The quantitative estimate of drug-likeness (QED) is 0.772. The van der Waals surface area contributed by atoms with Gasteiger partial charge in [-0.2, -0.15) is 13.2 Å². The summed E-state index contributed by atoms with van der Waals surface area (Å²) in [6.45, 7) is 6.53. The predicted molar refractivity (Wildman–Crippen MR) is 101 cm³/mol. The zero-order chi connectivity index (χ0) is 20.5. The Morgan fingerprint density at radius 2 is 1.86 bits per heavy atom. The van der Waals surface area contributed by atoms with Crippen molar-refractivity contribution in [3.05, 3.63) is 36.0 Å². The number of benzene rings is 1. The molecule has 1 saturated heterocycles. The molecule has 1 aliphatic heterocycles. The van der Waals surface area contributed by atoms with E-state index in [9.17, 15) is 18.0 Å². The summed E-state index contributed by atoms with van der Waals surface area (Å²) >= 11 is 0. The first-order valence-corrected chi connectivity index (χ1v) is 9.24. The topological polar surface area (TPSA) is 54.5 Å². The van der Waals surface area contributed by atoms with Crippen LogP contribution in [0.3, 0.4) is 0 Å². The number of fused-ring (bicyclic) bond motifs is 1. The zero-order valence-electron chi connectivity index (χ0n) is 16.1. The number of pyridine rings is 1. The van der Waals surface area contributed by atoms with Gasteiger partial charge >= 0.3 is 12.3 Å². The number of anilines is 1. The van der Waals surface area contributed by atoms with Crippen molar-refractivity contribution in [2.75, 3.05) is 18.4 Å². The molecular formula is C20H24F3N3O2. The Balaban J connectivity index is 1.71. The smallest absolute Gasteiger partial charge is 0.418 e. The maximum Gasteiger partial charge on any atom is 0.418 e. The van der Waals surface area contributed by atoms with Crippen LogP contribution >= 0.6 is 0 Å². The fraction of sp³-hybridized carbons (Fsp3) is 0.500. The second-order valence-corrected chi connectivity index (χ2v) is 7.94. The van der Waals surface area contributed by atoms with E-state index >= 15 is 0 Å². The third-order valence-electron chi connectivity index (χ3n) is 4.58. The van der Waals surface area contributed by atoms with Gasteiger partial charge in [0, 0.05) is 36.4 Å². The number of hydrogen-bond acceptors (Lipinski definition) is 4. The maximum absolute atomic E-state index is 13.2. The second kappa shape index (κ2) is 7.48. The summed E-state index contributed by atoms with van der Waals surface area (Å²) in [7, 11) is 0. The lowest BCUT2D eigenvalue weighted by Crippen LogP contribution is -2.44. The second-order valence-electron chi connectivity index (χ2n) is 7.94. The monoisotopic (exact) mass is 395 g/mol. The van der Waals surface area contributed by atoms with Crippen LogP contribution in [0.4, 0.5) is 23.7 Å². The number of hydrogen-bond donors (Lipinski definition) is 1. The van der Waals surface area contributed by atoms with E-state index in [0.717, 1.165) is 6.07 Å². The fourth-order valence-corrected chi connectivity index (χ4v) is 3.28. The average Bonchev–Trinajstić information content (AvgIpc) is 2.60. The molecule has 1 amide bonds. The Morgan fingerprint density at radius 1 is 1.18 bits per heavy atom. The first-order chi connectivity index (χ1) is 13.0. The molecule has 0 saturated carbocycles. The molecule has 8 heteroatoms. The van der Waals surface area contributed by atoms with Crippen LogP contribution in [-0.2, 0) is 10.9 Å². The van der Waals surface area contributed by atoms with Crippen molar-refractivity contribution in [3.63, 3.8) is 0 Å². The van der Waals surface area contributed by atoms with E-state index in [1.165, 1.54) is 12.3 Å². The molecule has 2 heterocycles. The van der Waals surface area contributed by atoms with E-state index in [0.29, 0.717) is 37.0 Å². The minimum atomic E-state index is -4.45. The highest BCUT2D eigenvalue weighted by Crippen LogP contribution is 2.36. The Labute approximate surface area is 161 Å². The molecule has 0 unspecified atom stereocenters. The summed E-state index contributed by atoms with van der Waals surface area (Å²) in [6, 6.07) is 5.83. The lowest BCUT2D eigenvalue weighted by atomic mass is 10.0. The van der Waals surface area contributed by atoms with E-state index < -0.39 is 17.3 Å². The van der Waals surface area contributed by atoms with E-state index in [1.807, 2.05) is 20.8 Å². The lowest BCUT2D eigenvalue weighted by molar-refractivity contribution is -0.136. The molecule has 152 valence electrons. The van der Waals surface area contributed by atoms with Crippen LogP contribution in [0, 0.1) is 0 Å². The molecule has 2 aromatic rings. The van der Waals surface area contributed by atoms with Gasteiger partial charge in [-0.15, -0.1) is 0 Å². The molecule has 3 rings (SSSR count). The third-order valence-corrected chi connectivity index (χ3v) is 4.58. The first kappa shape index (κ1) is 20.2. The molecule has 0 atom stereocenters. The molecule has 0 bridgehead atoms. The van der Waals surface area contributed by atoms with Crippen LogP contribution in [0.1, 0.15) is 39.2 Å². The van der Waals surface area contributed by atoms with Crippen molar-refractivity contribution in [3.8, 4) is 0 Å². The number of likely N-dealkylation sites (tertiary alicyclic amines) is 1. The predicted octanol–water partition coefficient (Wildman–Crippen LogP) is 5.07. The van der Waals surface area contributed by atoms with Gasteiger partial charge in [-0.3, -0.25) is 4.98 Å². The molecule has 0 spiro atoms. The van der Waals surface area contributed by atoms with E-state index in [-0.39, 0.29) is 17.7 Å². The van der Waals surface area contributed by atoms with Gasteiger partial charge in [0.2, 0.25) is 0 Å². The molecule has 5 nitrogen and oxygen atoms in total. The maximum atomic E-state index is 13.2. The highest BCUT2D eigenvalue weighted by molar-refractivity contribution is 5.93. The highest BCUT2D eigenvalue weighted by atomic mass is 19.4. The standard InChI is InChI=1S/C20H24F3N3O2/c1-19(2,3)28-18(27)26-11-8-13(9-12-26)25-16-7-6-15(20(21,22)23)17-14(16)5-4-10-24-17/h4-7,10,13,25H,8-9,11-12H2,1-3H3. The Morgan fingerprint density at radius 3 is 2.46 bits per heavy atom. The number of nitrogens with one attached hydrogen (secondary N) is 1. The van der Waals surface area contributed by atoms with Gasteiger partial charge in [-0.25, -0.2) is 4.79 Å². The van der Waals surface area contributed by atoms with Crippen LogP contribution in [-0.4, -0.2) is 40.7 Å². The number of alkyl halides is 3. The van der Waals surface area contributed by atoms with Crippen molar-refractivity contribution < 1.29 is 22.7 Å². The number of aromatic nitrogens is 1. The molecule has 1 fully saturated rings. The van der Waals surface area contributed by atoms with Gasteiger partial charge in [0.05, 0.1) is 11.1 Å². The number of ether oxygens (including phenoxy) is 1. The van der Waals surface area contributed by atoms with Crippen LogP contribution < -0.4 is 5.32 Å². The molecule has 1 N–H and O–H groups in total. The molecule has 0 aliphatic carbocycles. The number of halogens is 3. The number of amides is 1. The van der Waals surface area contributed by atoms with Crippen molar-refractivity contribution in [2.45, 2.75) is 51.4 Å². The van der Waals surface area contributed by atoms with Crippen molar-refractivity contribution in [1.82, 2.24) is 9.88 Å². The van der Waals surface area contributed by atoms with Gasteiger partial charge in [0.25, 0.3) is 0 Å². The third kappa shape index (κ3) is 4.66. The van der Waals surface area contributed by atoms with Gasteiger partial charge in [-0.05, 0) is 57.9 Å². The molecule has 28 heavy (non-hydrogen) atoms. The van der Waals surface area contributed by atoms with Crippen molar-refractivity contribution in [1.29, 1.82) is 0 Å². The summed E-state index contributed by atoms with van der Waals surface area (Å²) in [5.74, 6) is 0. The van der Waals surface area contributed by atoms with Crippen molar-refractivity contribution >= 4 is 22.7 Å². The van der Waals surface area contributed by atoms with Gasteiger partial charge in [-0.1, -0.05) is 0 Å². The Kier molecular flexibility index (Phi) is 5.41. The van der Waals surface area contributed by atoms with Gasteiger partial charge < -0.3 is 15.0 Å². The first-order valence-electron chi connectivity index (χ1n) is 9.24. The number of piperidine rings is 1. The normalized spacial score (nSPS) is 16.3. The fourth-order valence-electron chi connectivity index (χ4n) is 3.28. The van der Waals surface area contributed by atoms with Gasteiger partial charge in [0.1, 0.15) is 5.60 Å². The summed E-state index contributed by atoms with van der Waals surface area (Å²) in [4.78, 5) is 17.8. The highest BCUT2D eigenvalue weighted by Gasteiger charge is 2.34. The largest absolute Gasteiger partial charge is 0.444 e. The number of nitrogens with zero attached hydrogens (tertiary/aromatic N) is 2. The molecule has 1 aliphatic rings. The van der Waals surface area contributed by atoms with Crippen LogP contribution in [0.15, 0.2) is 30.5 Å². The molecular weight excluding hydrogens is 371 g/mol. The van der Waals surface area contributed by atoms with Crippen LogP contribution in [0.25, 0.3) is 10.9 Å². The minimum absolute atomic E-state index is 0.0545. The average molecular weight is 395 g/mol. The lowest BCUT2D eigenvalue weighted by Gasteiger charge is -2.34. The number of carbonyl (C=O) groups excluding carboxylic acids is 1. The summed E-state index contributed by atoms with van der Waals surface area (Å²) in [6.07, 6.45) is -2.07. The molecule has 0 radical (unpaired) electrons. The van der Waals surface area contributed by atoms with E-state index in [4.69, 9.17) is 4.74 Å². The Hall–Kier alpha value is -2.51. The molecule has 1 aromatic carbocycles. The summed E-state index contributed by atoms with van der Waals surface area (Å²) in [5, 5.41) is 3.76. The summed E-state index contributed by atoms with van der Waals surface area (Å²) in [5.41, 5.74) is -0.732. The van der Waals surface area contributed by atoms with Crippen LogP contribution in [0.2, 0.25) is 0 Å². The zero-order valence-corrected chi connectivity index (χ0v) is 16.1.